The molecule has 0 aromatic heterocycles. The minimum Gasteiger partial charge on any atom is -0.507 e. The molecule has 0 spiro atoms. The average molecular weight is 165 g/mol. The number of benzene rings is 1. The van der Waals surface area contributed by atoms with Crippen molar-refractivity contribution in [3.8, 4) is 5.75 Å². The number of phenolic OH excluding ortho intramolecular Hbond substituents is 1. The Bertz CT molecular complexity index is 319. The van der Waals surface area contributed by atoms with Crippen LogP contribution >= 0.6 is 0 Å². The van der Waals surface area contributed by atoms with Crippen LogP contribution in [-0.4, -0.2) is 16.5 Å². The molecule has 1 aromatic rings. The van der Waals surface area contributed by atoms with Crippen LogP contribution in [0.3, 0.4) is 0 Å². The lowest BCUT2D eigenvalue weighted by Crippen LogP contribution is -1.87. The van der Waals surface area contributed by atoms with Crippen LogP contribution in [0.15, 0.2) is 17.3 Å². The van der Waals surface area contributed by atoms with E-state index in [0.29, 0.717) is 5.56 Å². The fraction of sp³-hybridized carbons (Fsp3) is 0.222. The van der Waals surface area contributed by atoms with Crippen molar-refractivity contribution in [2.75, 3.05) is 0 Å². The van der Waals surface area contributed by atoms with Gasteiger partial charge in [-0.3, -0.25) is 0 Å². The first-order valence-corrected chi connectivity index (χ1v) is 3.63. The summed E-state index contributed by atoms with van der Waals surface area (Å²) >= 11 is 0. The molecule has 64 valence electrons. The Balaban J connectivity index is 3.23. The third kappa shape index (κ3) is 1.56. The molecule has 0 aliphatic heterocycles. The van der Waals surface area contributed by atoms with E-state index in [1.54, 1.807) is 12.1 Å². The topological polar surface area (TPSA) is 52.8 Å². The Morgan fingerprint density at radius 2 is 1.83 bits per heavy atom. The van der Waals surface area contributed by atoms with Gasteiger partial charge in [0.05, 0.1) is 6.21 Å². The number of hydrogen-bond acceptors (Lipinski definition) is 3. The van der Waals surface area contributed by atoms with E-state index in [1.165, 1.54) is 6.21 Å². The van der Waals surface area contributed by atoms with E-state index >= 15 is 0 Å². The molecule has 0 aliphatic rings. The van der Waals surface area contributed by atoms with Crippen LogP contribution in [0.4, 0.5) is 0 Å². The number of aryl methyl sites for hydroxylation is 2. The largest absolute Gasteiger partial charge is 0.507 e. The Hall–Kier alpha value is -1.51. The third-order valence-electron chi connectivity index (χ3n) is 1.84. The predicted octanol–water partition coefficient (Wildman–Crippen LogP) is 1.82. The van der Waals surface area contributed by atoms with E-state index in [-0.39, 0.29) is 5.75 Å². The molecule has 0 saturated carbocycles. The Labute approximate surface area is 71.0 Å². The van der Waals surface area contributed by atoms with Gasteiger partial charge in [0.1, 0.15) is 5.75 Å². The molecule has 0 heterocycles. The summed E-state index contributed by atoms with van der Waals surface area (Å²) in [6.45, 7) is 3.85. The zero-order chi connectivity index (χ0) is 9.14. The molecule has 12 heavy (non-hydrogen) atoms. The highest BCUT2D eigenvalue weighted by Gasteiger charge is 2.01. The van der Waals surface area contributed by atoms with E-state index in [1.807, 2.05) is 13.8 Å². The van der Waals surface area contributed by atoms with Gasteiger partial charge in [0.2, 0.25) is 0 Å². The minimum absolute atomic E-state index is 0.135. The van der Waals surface area contributed by atoms with Crippen molar-refractivity contribution in [1.29, 1.82) is 0 Å². The fourth-order valence-corrected chi connectivity index (χ4v) is 0.989. The molecule has 2 N–H and O–H groups in total. The van der Waals surface area contributed by atoms with Crippen molar-refractivity contribution in [2.24, 2.45) is 5.16 Å². The normalized spacial score (nSPS) is 10.8. The summed E-state index contributed by atoms with van der Waals surface area (Å²) < 4.78 is 0. The maximum absolute atomic E-state index is 9.34. The molecule has 0 fully saturated rings. The molecule has 0 atom stereocenters. The number of oxime groups is 1. The molecule has 0 unspecified atom stereocenters. The maximum atomic E-state index is 9.34. The van der Waals surface area contributed by atoms with Gasteiger partial charge in [-0.1, -0.05) is 5.16 Å². The standard InChI is InChI=1S/C9H11NO2/c1-6-3-8(5-10-12)9(11)4-7(6)2/h3-5,11-12H,1-2H3/b10-5+. The molecule has 1 aromatic carbocycles. The molecule has 0 aliphatic carbocycles. The fourth-order valence-electron chi connectivity index (χ4n) is 0.989. The van der Waals surface area contributed by atoms with Crippen LogP contribution in [-0.2, 0) is 0 Å². The average Bonchev–Trinajstić information content (AvgIpc) is 2.01. The Morgan fingerprint density at radius 1 is 1.25 bits per heavy atom. The summed E-state index contributed by atoms with van der Waals surface area (Å²) in [5.74, 6) is 0.135. The first-order chi connectivity index (χ1) is 5.65. The van der Waals surface area contributed by atoms with Crippen molar-refractivity contribution in [2.45, 2.75) is 13.8 Å². The zero-order valence-electron chi connectivity index (χ0n) is 7.07. The molecular weight excluding hydrogens is 154 g/mol. The summed E-state index contributed by atoms with van der Waals surface area (Å²) in [6.07, 6.45) is 1.21. The summed E-state index contributed by atoms with van der Waals surface area (Å²) in [6, 6.07) is 3.41. The summed E-state index contributed by atoms with van der Waals surface area (Å²) in [7, 11) is 0. The zero-order valence-corrected chi connectivity index (χ0v) is 7.07. The van der Waals surface area contributed by atoms with Gasteiger partial charge in [-0.15, -0.1) is 0 Å². The van der Waals surface area contributed by atoms with Crippen molar-refractivity contribution < 1.29 is 10.3 Å². The molecule has 3 nitrogen and oxygen atoms in total. The molecule has 0 bridgehead atoms. The van der Waals surface area contributed by atoms with Crippen LogP contribution in [0.1, 0.15) is 16.7 Å². The Kier molecular flexibility index (Phi) is 2.33. The summed E-state index contributed by atoms with van der Waals surface area (Å²) in [4.78, 5) is 0. The predicted molar refractivity (Wildman–Crippen MR) is 47.0 cm³/mol. The minimum atomic E-state index is 0.135. The van der Waals surface area contributed by atoms with Crippen molar-refractivity contribution in [1.82, 2.24) is 0 Å². The smallest absolute Gasteiger partial charge is 0.124 e. The van der Waals surface area contributed by atoms with E-state index in [0.717, 1.165) is 11.1 Å². The number of hydrogen-bond donors (Lipinski definition) is 2. The van der Waals surface area contributed by atoms with Crippen molar-refractivity contribution in [3.63, 3.8) is 0 Å². The van der Waals surface area contributed by atoms with Crippen molar-refractivity contribution >= 4 is 6.21 Å². The molecule has 1 rings (SSSR count). The monoisotopic (exact) mass is 165 g/mol. The highest BCUT2D eigenvalue weighted by Crippen LogP contribution is 2.19. The van der Waals surface area contributed by atoms with E-state index in [4.69, 9.17) is 5.21 Å². The number of nitrogens with zero attached hydrogens (tertiary/aromatic N) is 1. The quantitative estimate of drug-likeness (QED) is 0.379. The van der Waals surface area contributed by atoms with Crippen LogP contribution in [0, 0.1) is 13.8 Å². The SMILES string of the molecule is Cc1cc(O)c(/C=N/O)cc1C. The number of aromatic hydroxyl groups is 1. The van der Waals surface area contributed by atoms with Crippen LogP contribution in [0.5, 0.6) is 5.75 Å². The molecule has 0 amide bonds. The van der Waals surface area contributed by atoms with Gasteiger partial charge >= 0.3 is 0 Å². The Morgan fingerprint density at radius 3 is 2.42 bits per heavy atom. The van der Waals surface area contributed by atoms with Crippen LogP contribution < -0.4 is 0 Å². The van der Waals surface area contributed by atoms with Gasteiger partial charge in [-0.2, -0.15) is 0 Å². The highest BCUT2D eigenvalue weighted by atomic mass is 16.4. The van der Waals surface area contributed by atoms with Gasteiger partial charge in [0, 0.05) is 5.56 Å². The lowest BCUT2D eigenvalue weighted by molar-refractivity contribution is 0.321. The molecular formula is C9H11NO2. The molecule has 3 heteroatoms. The molecule has 0 radical (unpaired) electrons. The van der Waals surface area contributed by atoms with E-state index < -0.39 is 0 Å². The van der Waals surface area contributed by atoms with Gasteiger partial charge in [-0.05, 0) is 37.1 Å². The van der Waals surface area contributed by atoms with Gasteiger partial charge in [0.15, 0.2) is 0 Å². The van der Waals surface area contributed by atoms with Crippen LogP contribution in [0.25, 0.3) is 0 Å². The third-order valence-corrected chi connectivity index (χ3v) is 1.84. The van der Waals surface area contributed by atoms with Gasteiger partial charge in [-0.25, -0.2) is 0 Å². The van der Waals surface area contributed by atoms with Gasteiger partial charge < -0.3 is 10.3 Å². The number of phenols is 1. The maximum Gasteiger partial charge on any atom is 0.124 e. The second kappa shape index (κ2) is 3.26. The lowest BCUT2D eigenvalue weighted by atomic mass is 10.1. The molecule has 0 saturated heterocycles. The summed E-state index contributed by atoms with van der Waals surface area (Å²) in [5.41, 5.74) is 2.60. The number of rotatable bonds is 1. The first-order valence-electron chi connectivity index (χ1n) is 3.63. The van der Waals surface area contributed by atoms with Crippen molar-refractivity contribution in [3.05, 3.63) is 28.8 Å². The second-order valence-electron chi connectivity index (χ2n) is 2.74. The first kappa shape index (κ1) is 8.59. The highest BCUT2D eigenvalue weighted by molar-refractivity contribution is 5.83. The second-order valence-corrected chi connectivity index (χ2v) is 2.74. The lowest BCUT2D eigenvalue weighted by Gasteiger charge is -2.03. The van der Waals surface area contributed by atoms with Crippen LogP contribution in [0.2, 0.25) is 0 Å². The van der Waals surface area contributed by atoms with Gasteiger partial charge in [0.25, 0.3) is 0 Å². The summed E-state index contributed by atoms with van der Waals surface area (Å²) in [5, 5.41) is 20.5. The van der Waals surface area contributed by atoms with E-state index in [2.05, 4.69) is 5.16 Å². The van der Waals surface area contributed by atoms with E-state index in [9.17, 15) is 5.11 Å².